The zero-order valence-electron chi connectivity index (χ0n) is 15.0. The molecule has 0 N–H and O–H groups in total. The second kappa shape index (κ2) is 6.67. The third-order valence-corrected chi connectivity index (χ3v) is 5.69. The van der Waals surface area contributed by atoms with E-state index >= 15 is 0 Å². The van der Waals surface area contributed by atoms with Gasteiger partial charge in [0, 0.05) is 18.3 Å². The fourth-order valence-electron chi connectivity index (χ4n) is 3.91. The largest absolute Gasteiger partial charge is 0.284 e. The molecular weight excluding hydrogens is 381 g/mol. The zero-order chi connectivity index (χ0) is 19.3. The summed E-state index contributed by atoms with van der Waals surface area (Å²) in [5.74, 6) is 1.12. The van der Waals surface area contributed by atoms with Crippen LogP contribution in [0.25, 0.3) is 22.4 Å². The molecule has 1 aliphatic rings. The molecule has 1 aliphatic carbocycles. The van der Waals surface area contributed by atoms with Crippen molar-refractivity contribution in [1.82, 2.24) is 24.1 Å². The van der Waals surface area contributed by atoms with Crippen LogP contribution < -0.4 is 5.56 Å². The van der Waals surface area contributed by atoms with E-state index in [-0.39, 0.29) is 10.6 Å². The van der Waals surface area contributed by atoms with Gasteiger partial charge in [-0.1, -0.05) is 30.9 Å². The van der Waals surface area contributed by atoms with Crippen LogP contribution >= 0.6 is 11.6 Å². The predicted molar refractivity (Wildman–Crippen MR) is 105 cm³/mol. The van der Waals surface area contributed by atoms with Crippen LogP contribution in [-0.4, -0.2) is 24.1 Å². The Morgan fingerprint density at radius 2 is 1.96 bits per heavy atom. The highest BCUT2D eigenvalue weighted by Gasteiger charge is 2.21. The molecule has 3 aromatic heterocycles. The molecule has 5 rings (SSSR count). The van der Waals surface area contributed by atoms with Gasteiger partial charge in [0.15, 0.2) is 5.82 Å². The Morgan fingerprint density at radius 1 is 1.14 bits per heavy atom. The molecule has 0 atom stereocenters. The van der Waals surface area contributed by atoms with Crippen LogP contribution in [0.1, 0.15) is 43.8 Å². The van der Waals surface area contributed by atoms with E-state index in [9.17, 15) is 9.18 Å². The molecule has 0 aliphatic heterocycles. The Hall–Kier alpha value is -2.80. The van der Waals surface area contributed by atoms with Crippen LogP contribution in [0.15, 0.2) is 41.5 Å². The zero-order valence-corrected chi connectivity index (χ0v) is 15.7. The molecule has 1 fully saturated rings. The number of hydrogen-bond donors (Lipinski definition) is 0. The summed E-state index contributed by atoms with van der Waals surface area (Å²) in [6, 6.07) is 5.97. The lowest BCUT2D eigenvalue weighted by molar-refractivity contribution is 0.429. The van der Waals surface area contributed by atoms with Gasteiger partial charge in [-0.05, 0) is 37.1 Å². The molecular formula is C20H17ClFN5O. The van der Waals surface area contributed by atoms with Crippen molar-refractivity contribution in [1.29, 1.82) is 0 Å². The molecule has 0 saturated heterocycles. The van der Waals surface area contributed by atoms with Gasteiger partial charge in [-0.25, -0.2) is 9.37 Å². The van der Waals surface area contributed by atoms with Crippen molar-refractivity contribution in [2.24, 2.45) is 0 Å². The van der Waals surface area contributed by atoms with Crippen LogP contribution in [0, 0.1) is 5.82 Å². The van der Waals surface area contributed by atoms with Gasteiger partial charge >= 0.3 is 0 Å². The average Bonchev–Trinajstić information content (AvgIpc) is 3.16. The van der Waals surface area contributed by atoms with E-state index in [4.69, 9.17) is 11.6 Å². The van der Waals surface area contributed by atoms with Gasteiger partial charge in [-0.15, -0.1) is 5.10 Å². The maximum atomic E-state index is 13.5. The smallest absolute Gasteiger partial charge is 0.266 e. The normalized spacial score (nSPS) is 15.5. The topological polar surface area (TPSA) is 65.1 Å². The van der Waals surface area contributed by atoms with Crippen molar-refractivity contribution >= 4 is 28.3 Å². The summed E-state index contributed by atoms with van der Waals surface area (Å²) in [6.07, 6.45) is 8.99. The summed E-state index contributed by atoms with van der Waals surface area (Å²) in [6.45, 7) is 0. The SMILES string of the molecule is O=c1c2cnc3nc(C4CCCCC4)nn3c2ccn1-c1ccc(F)c(Cl)c1. The van der Waals surface area contributed by atoms with Gasteiger partial charge in [0.05, 0.1) is 21.6 Å². The first-order valence-corrected chi connectivity index (χ1v) is 9.72. The summed E-state index contributed by atoms with van der Waals surface area (Å²) in [5.41, 5.74) is 0.859. The van der Waals surface area contributed by atoms with Gasteiger partial charge in [0.2, 0.25) is 0 Å². The van der Waals surface area contributed by atoms with Crippen molar-refractivity contribution in [2.75, 3.05) is 0 Å². The number of benzene rings is 1. The molecule has 1 aromatic carbocycles. The van der Waals surface area contributed by atoms with E-state index in [0.29, 0.717) is 28.3 Å². The van der Waals surface area contributed by atoms with E-state index < -0.39 is 5.82 Å². The number of aromatic nitrogens is 5. The van der Waals surface area contributed by atoms with Crippen LogP contribution in [-0.2, 0) is 0 Å². The Bertz CT molecular complexity index is 1260. The highest BCUT2D eigenvalue weighted by atomic mass is 35.5. The van der Waals surface area contributed by atoms with Gasteiger partial charge in [0.25, 0.3) is 11.3 Å². The van der Waals surface area contributed by atoms with E-state index in [0.717, 1.165) is 18.7 Å². The first-order valence-electron chi connectivity index (χ1n) is 9.34. The molecule has 0 radical (unpaired) electrons. The molecule has 6 nitrogen and oxygen atoms in total. The van der Waals surface area contributed by atoms with Gasteiger partial charge < -0.3 is 0 Å². The highest BCUT2D eigenvalue weighted by molar-refractivity contribution is 6.30. The van der Waals surface area contributed by atoms with Crippen molar-refractivity contribution in [2.45, 2.75) is 38.0 Å². The van der Waals surface area contributed by atoms with Crippen molar-refractivity contribution in [3.63, 3.8) is 0 Å². The molecule has 0 unspecified atom stereocenters. The van der Waals surface area contributed by atoms with Crippen molar-refractivity contribution in [3.05, 3.63) is 63.7 Å². The van der Waals surface area contributed by atoms with E-state index in [1.165, 1.54) is 48.2 Å². The number of nitrogens with zero attached hydrogens (tertiary/aromatic N) is 5. The molecule has 8 heteroatoms. The third kappa shape index (κ3) is 2.77. The number of fused-ring (bicyclic) bond motifs is 3. The van der Waals surface area contributed by atoms with Crippen LogP contribution in [0.4, 0.5) is 4.39 Å². The number of pyridine rings is 1. The minimum absolute atomic E-state index is 0.0357. The summed E-state index contributed by atoms with van der Waals surface area (Å²) >= 11 is 5.86. The van der Waals surface area contributed by atoms with Gasteiger partial charge in [-0.2, -0.15) is 9.50 Å². The Balaban J connectivity index is 1.65. The molecule has 1 saturated carbocycles. The fourth-order valence-corrected chi connectivity index (χ4v) is 4.08. The maximum absolute atomic E-state index is 13.5. The monoisotopic (exact) mass is 397 g/mol. The minimum Gasteiger partial charge on any atom is -0.284 e. The van der Waals surface area contributed by atoms with Gasteiger partial charge in [0.1, 0.15) is 5.82 Å². The van der Waals surface area contributed by atoms with Crippen LogP contribution in [0.5, 0.6) is 0 Å². The predicted octanol–water partition coefficient (Wildman–Crippen LogP) is 4.27. The quantitative estimate of drug-likeness (QED) is 0.506. The summed E-state index contributed by atoms with van der Waals surface area (Å²) in [4.78, 5) is 21.9. The average molecular weight is 398 g/mol. The Morgan fingerprint density at radius 3 is 2.75 bits per heavy atom. The van der Waals surface area contributed by atoms with Crippen LogP contribution in [0.2, 0.25) is 5.02 Å². The van der Waals surface area contributed by atoms with Crippen molar-refractivity contribution in [3.8, 4) is 5.69 Å². The lowest BCUT2D eigenvalue weighted by Crippen LogP contribution is -2.19. The third-order valence-electron chi connectivity index (χ3n) is 5.40. The van der Waals surface area contributed by atoms with Crippen molar-refractivity contribution < 1.29 is 4.39 Å². The number of hydrogen-bond acceptors (Lipinski definition) is 4. The van der Waals surface area contributed by atoms with Gasteiger partial charge in [-0.3, -0.25) is 9.36 Å². The second-order valence-corrected chi connectivity index (χ2v) is 7.57. The lowest BCUT2D eigenvalue weighted by atomic mass is 9.89. The maximum Gasteiger partial charge on any atom is 0.266 e. The first-order chi connectivity index (χ1) is 13.6. The highest BCUT2D eigenvalue weighted by Crippen LogP contribution is 2.31. The second-order valence-electron chi connectivity index (χ2n) is 7.16. The van der Waals surface area contributed by atoms with Crippen LogP contribution in [0.3, 0.4) is 0 Å². The van der Waals surface area contributed by atoms with E-state index in [2.05, 4.69) is 15.1 Å². The lowest BCUT2D eigenvalue weighted by Gasteiger charge is -2.17. The summed E-state index contributed by atoms with van der Waals surface area (Å²) < 4.78 is 16.5. The molecule has 0 bridgehead atoms. The fraction of sp³-hybridized carbons (Fsp3) is 0.300. The number of halogens is 2. The molecule has 142 valence electrons. The first kappa shape index (κ1) is 17.3. The number of rotatable bonds is 2. The molecule has 3 heterocycles. The Kier molecular flexibility index (Phi) is 4.12. The summed E-state index contributed by atoms with van der Waals surface area (Å²) in [7, 11) is 0. The Labute approximate surface area is 164 Å². The standard InChI is InChI=1S/C20H17ClFN5O/c21-15-10-13(6-7-16(15)22)26-9-8-17-14(19(26)28)11-23-20-24-18(25-27(17)20)12-4-2-1-3-5-12/h6-12H,1-5H2. The summed E-state index contributed by atoms with van der Waals surface area (Å²) in [5, 5.41) is 5.03. The molecule has 0 spiro atoms. The van der Waals surface area contributed by atoms with E-state index in [1.54, 1.807) is 16.8 Å². The minimum atomic E-state index is -0.527. The molecule has 4 aromatic rings. The van der Waals surface area contributed by atoms with E-state index in [1.807, 2.05) is 0 Å². The molecule has 0 amide bonds. The molecule has 28 heavy (non-hydrogen) atoms.